The normalized spacial score (nSPS) is 17.6. The number of carbonyl (C=O) groups is 2. The molecule has 2 aromatic rings. The maximum absolute atomic E-state index is 13.0. The third-order valence-electron chi connectivity index (χ3n) is 5.27. The monoisotopic (exact) mass is 382 g/mol. The maximum Gasteiger partial charge on any atom is 0.225 e. The lowest BCUT2D eigenvalue weighted by Gasteiger charge is -2.18. The highest BCUT2D eigenvalue weighted by molar-refractivity contribution is 5.89. The Morgan fingerprint density at radius 3 is 2.50 bits per heavy atom. The van der Waals surface area contributed by atoms with E-state index in [-0.39, 0.29) is 36.0 Å². The molecule has 0 radical (unpaired) electrons. The molecule has 1 fully saturated rings. The molecule has 0 unspecified atom stereocenters. The predicted octanol–water partition coefficient (Wildman–Crippen LogP) is 3.35. The van der Waals surface area contributed by atoms with Crippen LogP contribution in [0.25, 0.3) is 0 Å². The molecule has 5 heteroatoms. The summed E-state index contributed by atoms with van der Waals surface area (Å²) in [5.74, 6) is -0.587. The Morgan fingerprint density at radius 1 is 1.11 bits per heavy atom. The first kappa shape index (κ1) is 20.1. The molecule has 148 valence electrons. The van der Waals surface area contributed by atoms with Gasteiger partial charge in [0.15, 0.2) is 0 Å². The lowest BCUT2D eigenvalue weighted by molar-refractivity contribution is -0.129. The minimum atomic E-state index is -0.292. The topological polar surface area (TPSA) is 49.4 Å². The van der Waals surface area contributed by atoms with Crippen LogP contribution in [0, 0.1) is 11.7 Å². The van der Waals surface area contributed by atoms with E-state index in [1.54, 1.807) is 17.0 Å². The fourth-order valence-corrected chi connectivity index (χ4v) is 3.54. The summed E-state index contributed by atoms with van der Waals surface area (Å²) < 4.78 is 13.0. The van der Waals surface area contributed by atoms with Crippen molar-refractivity contribution in [2.75, 3.05) is 13.1 Å². The van der Waals surface area contributed by atoms with Crippen LogP contribution < -0.4 is 5.32 Å². The molecule has 1 N–H and O–H groups in total. The van der Waals surface area contributed by atoms with Crippen molar-refractivity contribution in [1.82, 2.24) is 10.2 Å². The maximum atomic E-state index is 13.0. The SMILES string of the molecule is C[C@@H](CCc1ccccc1)NC(=O)[C@H]1CC(=O)N(CCc2ccc(F)cc2)C1. The van der Waals surface area contributed by atoms with Gasteiger partial charge >= 0.3 is 0 Å². The molecular formula is C23H27FN2O2. The van der Waals surface area contributed by atoms with Crippen molar-refractivity contribution in [3.63, 3.8) is 0 Å². The molecule has 1 saturated heterocycles. The fourth-order valence-electron chi connectivity index (χ4n) is 3.54. The summed E-state index contributed by atoms with van der Waals surface area (Å²) in [4.78, 5) is 26.5. The van der Waals surface area contributed by atoms with Gasteiger partial charge in [0.1, 0.15) is 5.82 Å². The standard InChI is InChI=1S/C23H27FN2O2/c1-17(7-8-18-5-3-2-4-6-18)25-23(28)20-15-22(27)26(16-20)14-13-19-9-11-21(24)12-10-19/h2-6,9-12,17,20H,7-8,13-16H2,1H3,(H,25,28)/t17-,20-/m0/s1. The first-order chi connectivity index (χ1) is 13.5. The van der Waals surface area contributed by atoms with Gasteiger partial charge in [0.05, 0.1) is 5.92 Å². The highest BCUT2D eigenvalue weighted by atomic mass is 19.1. The zero-order chi connectivity index (χ0) is 19.9. The van der Waals surface area contributed by atoms with Gasteiger partial charge in [-0.3, -0.25) is 9.59 Å². The van der Waals surface area contributed by atoms with E-state index in [9.17, 15) is 14.0 Å². The first-order valence-corrected chi connectivity index (χ1v) is 9.88. The molecule has 2 atom stereocenters. The van der Waals surface area contributed by atoms with Crippen LogP contribution in [-0.2, 0) is 22.4 Å². The highest BCUT2D eigenvalue weighted by Crippen LogP contribution is 2.19. The number of rotatable bonds is 8. The Labute approximate surface area is 165 Å². The number of hydrogen-bond acceptors (Lipinski definition) is 2. The number of amides is 2. The molecule has 0 bridgehead atoms. The summed E-state index contributed by atoms with van der Waals surface area (Å²) in [5, 5.41) is 3.05. The van der Waals surface area contributed by atoms with Gasteiger partial charge in [-0.05, 0) is 49.4 Å². The van der Waals surface area contributed by atoms with Crippen LogP contribution in [0.15, 0.2) is 54.6 Å². The molecule has 0 saturated carbocycles. The lowest BCUT2D eigenvalue weighted by atomic mass is 10.0. The van der Waals surface area contributed by atoms with Gasteiger partial charge in [0.2, 0.25) is 11.8 Å². The number of carbonyl (C=O) groups excluding carboxylic acids is 2. The minimum absolute atomic E-state index is 0.0131. The number of halogens is 1. The summed E-state index contributed by atoms with van der Waals surface area (Å²) in [6, 6.07) is 16.6. The molecule has 1 aliphatic heterocycles. The van der Waals surface area contributed by atoms with E-state index in [2.05, 4.69) is 17.4 Å². The zero-order valence-corrected chi connectivity index (χ0v) is 16.2. The Kier molecular flexibility index (Phi) is 6.80. The second kappa shape index (κ2) is 9.49. The van der Waals surface area contributed by atoms with Gasteiger partial charge in [-0.25, -0.2) is 4.39 Å². The highest BCUT2D eigenvalue weighted by Gasteiger charge is 2.34. The largest absolute Gasteiger partial charge is 0.353 e. The van der Waals surface area contributed by atoms with Crippen molar-refractivity contribution >= 4 is 11.8 Å². The van der Waals surface area contributed by atoms with E-state index in [0.29, 0.717) is 19.5 Å². The van der Waals surface area contributed by atoms with Crippen LogP contribution in [0.1, 0.15) is 30.9 Å². The lowest BCUT2D eigenvalue weighted by Crippen LogP contribution is -2.38. The quantitative estimate of drug-likeness (QED) is 0.761. The van der Waals surface area contributed by atoms with E-state index in [0.717, 1.165) is 18.4 Å². The van der Waals surface area contributed by atoms with Gasteiger partial charge in [-0.15, -0.1) is 0 Å². The number of benzene rings is 2. The molecule has 0 aliphatic carbocycles. The van der Waals surface area contributed by atoms with Crippen LogP contribution in [-0.4, -0.2) is 35.8 Å². The van der Waals surface area contributed by atoms with Crippen LogP contribution in [0.5, 0.6) is 0 Å². The Bertz CT molecular complexity index is 792. The van der Waals surface area contributed by atoms with Crippen LogP contribution in [0.4, 0.5) is 4.39 Å². The second-order valence-electron chi connectivity index (χ2n) is 7.55. The van der Waals surface area contributed by atoms with E-state index in [1.165, 1.54) is 17.7 Å². The molecule has 1 aliphatic rings. The van der Waals surface area contributed by atoms with Gasteiger partial charge in [-0.1, -0.05) is 42.5 Å². The Balaban J connectivity index is 1.43. The summed E-state index contributed by atoms with van der Waals surface area (Å²) in [6.45, 7) is 3.01. The van der Waals surface area contributed by atoms with Gasteiger partial charge in [-0.2, -0.15) is 0 Å². The Hall–Kier alpha value is -2.69. The molecule has 4 nitrogen and oxygen atoms in total. The fraction of sp³-hybridized carbons (Fsp3) is 0.391. The number of nitrogens with zero attached hydrogens (tertiary/aromatic N) is 1. The molecule has 3 rings (SSSR count). The van der Waals surface area contributed by atoms with E-state index >= 15 is 0 Å². The second-order valence-corrected chi connectivity index (χ2v) is 7.55. The number of aryl methyl sites for hydroxylation is 1. The van der Waals surface area contributed by atoms with Crippen LogP contribution in [0.3, 0.4) is 0 Å². The van der Waals surface area contributed by atoms with Crippen molar-refractivity contribution < 1.29 is 14.0 Å². The zero-order valence-electron chi connectivity index (χ0n) is 16.2. The first-order valence-electron chi connectivity index (χ1n) is 9.88. The molecule has 1 heterocycles. The summed E-state index contributed by atoms with van der Waals surface area (Å²) in [7, 11) is 0. The summed E-state index contributed by atoms with van der Waals surface area (Å²) in [6.07, 6.45) is 2.70. The van der Waals surface area contributed by atoms with E-state index < -0.39 is 0 Å². The van der Waals surface area contributed by atoms with Crippen molar-refractivity contribution in [1.29, 1.82) is 0 Å². The minimum Gasteiger partial charge on any atom is -0.353 e. The smallest absolute Gasteiger partial charge is 0.225 e. The van der Waals surface area contributed by atoms with E-state index in [1.807, 2.05) is 25.1 Å². The number of nitrogens with one attached hydrogen (secondary N) is 1. The summed E-state index contributed by atoms with van der Waals surface area (Å²) >= 11 is 0. The average Bonchev–Trinajstić information content (AvgIpc) is 3.08. The number of likely N-dealkylation sites (tertiary alicyclic amines) is 1. The summed E-state index contributed by atoms with van der Waals surface area (Å²) in [5.41, 5.74) is 2.24. The molecule has 0 spiro atoms. The van der Waals surface area contributed by atoms with E-state index in [4.69, 9.17) is 0 Å². The molecule has 0 aromatic heterocycles. The van der Waals surface area contributed by atoms with Gasteiger partial charge in [0.25, 0.3) is 0 Å². The van der Waals surface area contributed by atoms with Crippen molar-refractivity contribution in [3.8, 4) is 0 Å². The molecular weight excluding hydrogens is 355 g/mol. The van der Waals surface area contributed by atoms with Gasteiger partial charge in [0, 0.05) is 25.6 Å². The average molecular weight is 382 g/mol. The van der Waals surface area contributed by atoms with Crippen molar-refractivity contribution in [2.24, 2.45) is 5.92 Å². The predicted molar refractivity (Wildman–Crippen MR) is 107 cm³/mol. The van der Waals surface area contributed by atoms with Crippen LogP contribution in [0.2, 0.25) is 0 Å². The van der Waals surface area contributed by atoms with Crippen LogP contribution >= 0.6 is 0 Å². The van der Waals surface area contributed by atoms with Gasteiger partial charge < -0.3 is 10.2 Å². The van der Waals surface area contributed by atoms with Crippen molar-refractivity contribution in [2.45, 2.75) is 38.6 Å². The molecule has 2 aromatic carbocycles. The number of hydrogen-bond donors (Lipinski definition) is 1. The molecule has 2 amide bonds. The molecule has 28 heavy (non-hydrogen) atoms. The third-order valence-corrected chi connectivity index (χ3v) is 5.27. The Morgan fingerprint density at radius 2 is 1.79 bits per heavy atom. The van der Waals surface area contributed by atoms with Crippen molar-refractivity contribution in [3.05, 3.63) is 71.5 Å². The third kappa shape index (κ3) is 5.65.